The van der Waals surface area contributed by atoms with Gasteiger partial charge in [-0.2, -0.15) is 5.26 Å². The third kappa shape index (κ3) is 4.52. The van der Waals surface area contributed by atoms with Crippen LogP contribution in [0, 0.1) is 17.1 Å². The summed E-state index contributed by atoms with van der Waals surface area (Å²) >= 11 is 0. The van der Waals surface area contributed by atoms with E-state index in [4.69, 9.17) is 10.00 Å². The first-order valence-corrected chi connectivity index (χ1v) is 7.01. The number of hydrogen-bond acceptors (Lipinski definition) is 4. The lowest BCUT2D eigenvalue weighted by molar-refractivity contribution is -0.117. The number of nitrogens with zero attached hydrogens (tertiary/aromatic N) is 1. The molecule has 21 heavy (non-hydrogen) atoms. The van der Waals surface area contributed by atoms with Gasteiger partial charge in [0, 0.05) is 0 Å². The lowest BCUT2D eigenvalue weighted by Gasteiger charge is -2.22. The van der Waals surface area contributed by atoms with Gasteiger partial charge >= 0.3 is 0 Å². The average molecular weight is 291 g/mol. The number of nitrogens with one attached hydrogen (secondary N) is 2. The van der Waals surface area contributed by atoms with Crippen molar-refractivity contribution in [3.8, 4) is 6.07 Å². The van der Waals surface area contributed by atoms with Gasteiger partial charge in [-0.25, -0.2) is 4.39 Å². The first-order chi connectivity index (χ1) is 10.2. The van der Waals surface area contributed by atoms with Crippen molar-refractivity contribution in [2.75, 3.05) is 25.0 Å². The summed E-state index contributed by atoms with van der Waals surface area (Å²) in [5.74, 6) is -0.924. The van der Waals surface area contributed by atoms with E-state index in [1.165, 1.54) is 18.2 Å². The van der Waals surface area contributed by atoms with Crippen molar-refractivity contribution in [2.24, 2.45) is 0 Å². The molecule has 1 aromatic carbocycles. The molecule has 0 atom stereocenters. The van der Waals surface area contributed by atoms with Crippen LogP contribution in [-0.2, 0) is 9.53 Å². The molecular formula is C15H18FN3O2. The number of piperidine rings is 1. The van der Waals surface area contributed by atoms with Crippen molar-refractivity contribution in [1.82, 2.24) is 5.32 Å². The summed E-state index contributed by atoms with van der Waals surface area (Å²) in [4.78, 5) is 11.8. The summed E-state index contributed by atoms with van der Waals surface area (Å²) in [5.41, 5.74) is 0.0505. The van der Waals surface area contributed by atoms with Crippen LogP contribution in [0.1, 0.15) is 24.8 Å². The number of anilines is 1. The molecule has 1 heterocycles. The molecule has 1 fully saturated rings. The molecule has 0 bridgehead atoms. The fraction of sp³-hybridized carbons (Fsp3) is 0.467. The lowest BCUT2D eigenvalue weighted by Crippen LogP contribution is -2.33. The Kier molecular flexibility index (Phi) is 5.67. The van der Waals surface area contributed by atoms with Crippen LogP contribution >= 0.6 is 0 Å². The first kappa shape index (κ1) is 15.4. The zero-order valence-electron chi connectivity index (χ0n) is 11.7. The molecule has 1 aliphatic heterocycles. The molecule has 5 nitrogen and oxygen atoms in total. The lowest BCUT2D eigenvalue weighted by atomic mass is 10.1. The molecule has 1 saturated heterocycles. The molecule has 2 rings (SSSR count). The maximum Gasteiger partial charge on any atom is 0.226 e. The van der Waals surface area contributed by atoms with E-state index in [1.807, 2.05) is 0 Å². The van der Waals surface area contributed by atoms with Gasteiger partial charge in [0.1, 0.15) is 17.4 Å². The standard InChI is InChI=1S/C15H18FN3O2/c16-13-2-1-3-14(12(13)10-17)19-15(20)6-9-21-11-4-7-18-8-5-11/h1-3,11,18H,4-9H2,(H,19,20). The van der Waals surface area contributed by atoms with Crippen LogP contribution < -0.4 is 10.6 Å². The van der Waals surface area contributed by atoms with Gasteiger partial charge < -0.3 is 15.4 Å². The molecule has 2 N–H and O–H groups in total. The molecule has 6 heteroatoms. The van der Waals surface area contributed by atoms with E-state index in [9.17, 15) is 9.18 Å². The molecule has 0 aliphatic carbocycles. The average Bonchev–Trinajstić information content (AvgIpc) is 2.48. The fourth-order valence-corrected chi connectivity index (χ4v) is 2.24. The second kappa shape index (κ2) is 7.72. The molecule has 0 radical (unpaired) electrons. The van der Waals surface area contributed by atoms with Crippen LogP contribution in [0.4, 0.5) is 10.1 Å². The zero-order chi connectivity index (χ0) is 15.1. The minimum absolute atomic E-state index is 0.148. The number of ether oxygens (including phenoxy) is 1. The van der Waals surface area contributed by atoms with Crippen molar-refractivity contribution in [3.05, 3.63) is 29.6 Å². The monoisotopic (exact) mass is 291 g/mol. The Hall–Kier alpha value is -1.97. The number of carbonyl (C=O) groups is 1. The molecule has 0 aromatic heterocycles. The van der Waals surface area contributed by atoms with Gasteiger partial charge in [-0.1, -0.05) is 6.07 Å². The highest BCUT2D eigenvalue weighted by molar-refractivity contribution is 5.92. The van der Waals surface area contributed by atoms with Crippen LogP contribution in [0.5, 0.6) is 0 Å². The Balaban J connectivity index is 1.79. The van der Waals surface area contributed by atoms with Crippen molar-refractivity contribution in [2.45, 2.75) is 25.4 Å². The van der Waals surface area contributed by atoms with E-state index >= 15 is 0 Å². The minimum atomic E-state index is -0.638. The summed E-state index contributed by atoms with van der Waals surface area (Å²) in [6.07, 6.45) is 2.28. The van der Waals surface area contributed by atoms with Gasteiger partial charge in [-0.15, -0.1) is 0 Å². The second-order valence-electron chi connectivity index (χ2n) is 4.89. The highest BCUT2D eigenvalue weighted by Crippen LogP contribution is 2.18. The van der Waals surface area contributed by atoms with Crippen LogP contribution in [0.3, 0.4) is 0 Å². The highest BCUT2D eigenvalue weighted by Gasteiger charge is 2.14. The Morgan fingerprint density at radius 2 is 2.24 bits per heavy atom. The molecule has 0 spiro atoms. The fourth-order valence-electron chi connectivity index (χ4n) is 2.24. The molecular weight excluding hydrogens is 273 g/mol. The van der Waals surface area contributed by atoms with Crippen LogP contribution in [0.25, 0.3) is 0 Å². The van der Waals surface area contributed by atoms with Gasteiger partial charge in [-0.3, -0.25) is 4.79 Å². The summed E-state index contributed by atoms with van der Waals surface area (Å²) in [7, 11) is 0. The van der Waals surface area contributed by atoms with Gasteiger partial charge in [0.15, 0.2) is 0 Å². The number of nitriles is 1. The summed E-state index contributed by atoms with van der Waals surface area (Å²) in [6.45, 7) is 2.20. The smallest absolute Gasteiger partial charge is 0.226 e. The summed E-state index contributed by atoms with van der Waals surface area (Å²) in [5, 5.41) is 14.7. The maximum absolute atomic E-state index is 13.4. The van der Waals surface area contributed by atoms with E-state index in [0.29, 0.717) is 6.61 Å². The molecule has 1 amide bonds. The molecule has 0 unspecified atom stereocenters. The Morgan fingerprint density at radius 3 is 2.95 bits per heavy atom. The van der Waals surface area contributed by atoms with Crippen LogP contribution in [0.15, 0.2) is 18.2 Å². The van der Waals surface area contributed by atoms with Crippen molar-refractivity contribution in [1.29, 1.82) is 5.26 Å². The third-order valence-corrected chi connectivity index (χ3v) is 3.37. The summed E-state index contributed by atoms with van der Waals surface area (Å²) < 4.78 is 19.0. The maximum atomic E-state index is 13.4. The highest BCUT2D eigenvalue weighted by atomic mass is 19.1. The number of amides is 1. The first-order valence-electron chi connectivity index (χ1n) is 7.01. The third-order valence-electron chi connectivity index (χ3n) is 3.37. The van der Waals surface area contributed by atoms with Gasteiger partial charge in [-0.05, 0) is 38.1 Å². The van der Waals surface area contributed by atoms with Crippen molar-refractivity contribution >= 4 is 11.6 Å². The Morgan fingerprint density at radius 1 is 1.48 bits per heavy atom. The van der Waals surface area contributed by atoms with Crippen molar-refractivity contribution in [3.63, 3.8) is 0 Å². The van der Waals surface area contributed by atoms with Gasteiger partial charge in [0.05, 0.1) is 24.8 Å². The number of carbonyl (C=O) groups excluding carboxylic acids is 1. The van der Waals surface area contributed by atoms with E-state index in [1.54, 1.807) is 6.07 Å². The van der Waals surface area contributed by atoms with E-state index in [2.05, 4.69) is 10.6 Å². The normalized spacial score (nSPS) is 15.4. The molecule has 1 aliphatic rings. The van der Waals surface area contributed by atoms with E-state index in [-0.39, 0.29) is 29.7 Å². The topological polar surface area (TPSA) is 74.2 Å². The Bertz CT molecular complexity index is 536. The summed E-state index contributed by atoms with van der Waals surface area (Å²) in [6, 6.07) is 5.90. The SMILES string of the molecule is N#Cc1c(F)cccc1NC(=O)CCOC1CCNCC1. The number of hydrogen-bond donors (Lipinski definition) is 2. The van der Waals surface area contributed by atoms with Crippen LogP contribution in [-0.4, -0.2) is 31.7 Å². The zero-order valence-corrected chi connectivity index (χ0v) is 11.7. The predicted molar refractivity (Wildman–Crippen MR) is 76.2 cm³/mol. The predicted octanol–water partition coefficient (Wildman–Crippen LogP) is 1.79. The van der Waals surface area contributed by atoms with Crippen LogP contribution in [0.2, 0.25) is 0 Å². The number of halogens is 1. The molecule has 1 aromatic rings. The minimum Gasteiger partial charge on any atom is -0.378 e. The van der Waals surface area contributed by atoms with Crippen molar-refractivity contribution < 1.29 is 13.9 Å². The largest absolute Gasteiger partial charge is 0.378 e. The molecule has 0 saturated carbocycles. The molecule has 112 valence electrons. The van der Waals surface area contributed by atoms with Gasteiger partial charge in [0.25, 0.3) is 0 Å². The number of benzene rings is 1. The van der Waals surface area contributed by atoms with E-state index < -0.39 is 5.82 Å². The quantitative estimate of drug-likeness (QED) is 0.867. The number of rotatable bonds is 5. The van der Waals surface area contributed by atoms with E-state index in [0.717, 1.165) is 25.9 Å². The van der Waals surface area contributed by atoms with Gasteiger partial charge in [0.2, 0.25) is 5.91 Å². The second-order valence-corrected chi connectivity index (χ2v) is 4.89. The Labute approximate surface area is 123 Å².